The molecule has 1 aromatic carbocycles. The van der Waals surface area contributed by atoms with Crippen LogP contribution < -0.4 is 10.9 Å². The second kappa shape index (κ2) is 7.97. The van der Waals surface area contributed by atoms with Crippen LogP contribution in [0.1, 0.15) is 22.4 Å². The van der Waals surface area contributed by atoms with Gasteiger partial charge in [0.15, 0.2) is 0 Å². The van der Waals surface area contributed by atoms with Crippen LogP contribution >= 0.6 is 11.8 Å². The first-order valence-electron chi connectivity index (χ1n) is 7.24. The molecule has 122 valence electrons. The van der Waals surface area contributed by atoms with Crippen LogP contribution in [-0.2, 0) is 17.1 Å². The number of halogens is 1. The third-order valence-corrected chi connectivity index (χ3v) is 4.38. The summed E-state index contributed by atoms with van der Waals surface area (Å²) in [4.78, 5) is 26.4. The smallest absolute Gasteiger partial charge is 0.253 e. The largest absolute Gasteiger partial charge is 0.351 e. The van der Waals surface area contributed by atoms with Gasteiger partial charge in [0.2, 0.25) is 5.91 Å². The Morgan fingerprint density at radius 1 is 1.26 bits per heavy atom. The van der Waals surface area contributed by atoms with E-state index in [4.69, 9.17) is 0 Å². The van der Waals surface area contributed by atoms with E-state index in [0.29, 0.717) is 17.1 Å². The van der Waals surface area contributed by atoms with Crippen LogP contribution in [0.25, 0.3) is 0 Å². The number of hydrogen-bond acceptors (Lipinski definition) is 3. The number of H-pyrrole nitrogens is 1. The van der Waals surface area contributed by atoms with Gasteiger partial charge in [0, 0.05) is 23.6 Å². The van der Waals surface area contributed by atoms with Crippen LogP contribution in [0.3, 0.4) is 0 Å². The molecule has 4 nitrogen and oxygen atoms in total. The maximum atomic E-state index is 12.8. The monoisotopic (exact) mass is 334 g/mol. The molecule has 2 N–H and O–H groups in total. The van der Waals surface area contributed by atoms with Crippen molar-refractivity contribution in [2.24, 2.45) is 0 Å². The molecule has 0 fully saturated rings. The molecule has 0 saturated heterocycles. The lowest BCUT2D eigenvalue weighted by Crippen LogP contribution is -2.29. The standard InChI is InChI=1S/C17H19FN2O2S/c1-11-7-12(2)20-17(22)15(11)8-19-16(21)10-23-9-13-3-5-14(18)6-4-13/h3-7H,8-10H2,1-2H3,(H,19,21)(H,20,22). The Bertz CT molecular complexity index is 741. The summed E-state index contributed by atoms with van der Waals surface area (Å²) >= 11 is 1.45. The molecule has 0 radical (unpaired) electrons. The fourth-order valence-corrected chi connectivity index (χ4v) is 3.00. The molecular formula is C17H19FN2O2S. The van der Waals surface area contributed by atoms with E-state index in [9.17, 15) is 14.0 Å². The van der Waals surface area contributed by atoms with Gasteiger partial charge in [0.05, 0.1) is 5.75 Å². The van der Waals surface area contributed by atoms with Gasteiger partial charge < -0.3 is 10.3 Å². The maximum Gasteiger partial charge on any atom is 0.253 e. The average Bonchev–Trinajstić information content (AvgIpc) is 2.48. The Labute approximate surface area is 138 Å². The number of amides is 1. The van der Waals surface area contributed by atoms with E-state index in [1.807, 2.05) is 19.9 Å². The van der Waals surface area contributed by atoms with Crippen LogP contribution in [0.4, 0.5) is 4.39 Å². The number of aryl methyl sites for hydroxylation is 2. The lowest BCUT2D eigenvalue weighted by Gasteiger charge is -2.08. The zero-order valence-electron chi connectivity index (χ0n) is 13.1. The third-order valence-electron chi connectivity index (χ3n) is 3.37. The van der Waals surface area contributed by atoms with Crippen molar-refractivity contribution < 1.29 is 9.18 Å². The first-order valence-corrected chi connectivity index (χ1v) is 8.39. The second-order valence-corrected chi connectivity index (χ2v) is 6.32. The first-order chi connectivity index (χ1) is 11.0. The van der Waals surface area contributed by atoms with Crippen LogP contribution in [0.5, 0.6) is 0 Å². The van der Waals surface area contributed by atoms with Gasteiger partial charge in [-0.15, -0.1) is 11.8 Å². The first kappa shape index (κ1) is 17.3. The molecule has 0 saturated carbocycles. The van der Waals surface area contributed by atoms with E-state index in [2.05, 4.69) is 10.3 Å². The quantitative estimate of drug-likeness (QED) is 0.854. The zero-order valence-corrected chi connectivity index (χ0v) is 13.9. The Hall–Kier alpha value is -2.08. The van der Waals surface area contributed by atoms with Gasteiger partial charge in [-0.3, -0.25) is 9.59 Å². The Morgan fingerprint density at radius 3 is 2.61 bits per heavy atom. The molecule has 23 heavy (non-hydrogen) atoms. The molecule has 1 amide bonds. The van der Waals surface area contributed by atoms with E-state index in [-0.39, 0.29) is 23.8 Å². The summed E-state index contributed by atoms with van der Waals surface area (Å²) in [6.07, 6.45) is 0. The number of thioether (sulfide) groups is 1. The number of pyridine rings is 1. The SMILES string of the molecule is Cc1cc(C)c(CNC(=O)CSCc2ccc(F)cc2)c(=O)[nH]1. The Kier molecular flexibility index (Phi) is 5.98. The Balaban J connectivity index is 1.79. The van der Waals surface area contributed by atoms with Gasteiger partial charge >= 0.3 is 0 Å². The molecule has 0 bridgehead atoms. The van der Waals surface area contributed by atoms with Crippen molar-refractivity contribution >= 4 is 17.7 Å². The zero-order chi connectivity index (χ0) is 16.8. The fourth-order valence-electron chi connectivity index (χ4n) is 2.18. The van der Waals surface area contributed by atoms with Crippen LogP contribution in [0.2, 0.25) is 0 Å². The molecule has 1 aromatic heterocycles. The summed E-state index contributed by atoms with van der Waals surface area (Å²) in [6.45, 7) is 3.90. The van der Waals surface area contributed by atoms with E-state index in [1.54, 1.807) is 12.1 Å². The van der Waals surface area contributed by atoms with Gasteiger partial charge in [0.25, 0.3) is 5.56 Å². The average molecular weight is 334 g/mol. The van der Waals surface area contributed by atoms with E-state index in [0.717, 1.165) is 16.8 Å². The highest BCUT2D eigenvalue weighted by Crippen LogP contribution is 2.12. The van der Waals surface area contributed by atoms with Crippen molar-refractivity contribution in [3.05, 3.63) is 68.9 Å². The summed E-state index contributed by atoms with van der Waals surface area (Å²) in [6, 6.07) is 8.10. The van der Waals surface area contributed by atoms with Crippen molar-refractivity contribution in [1.29, 1.82) is 0 Å². The number of nitrogens with one attached hydrogen (secondary N) is 2. The number of aromatic nitrogens is 1. The molecule has 0 aliphatic carbocycles. The summed E-state index contributed by atoms with van der Waals surface area (Å²) in [5.41, 5.74) is 3.05. The maximum absolute atomic E-state index is 12.8. The normalized spacial score (nSPS) is 10.6. The van der Waals surface area contributed by atoms with Gasteiger partial charge in [-0.25, -0.2) is 4.39 Å². The molecule has 6 heteroatoms. The number of rotatable bonds is 6. The van der Waals surface area contributed by atoms with Crippen molar-refractivity contribution in [3.8, 4) is 0 Å². The van der Waals surface area contributed by atoms with Crippen molar-refractivity contribution in [3.63, 3.8) is 0 Å². The molecule has 0 atom stereocenters. The number of hydrogen-bond donors (Lipinski definition) is 2. The van der Waals surface area contributed by atoms with E-state index in [1.165, 1.54) is 23.9 Å². The van der Waals surface area contributed by atoms with Gasteiger partial charge in [-0.2, -0.15) is 0 Å². The van der Waals surface area contributed by atoms with Crippen molar-refractivity contribution in [2.45, 2.75) is 26.1 Å². The molecule has 0 aliphatic rings. The minimum absolute atomic E-state index is 0.128. The second-order valence-electron chi connectivity index (χ2n) is 5.34. The molecule has 0 aliphatic heterocycles. The van der Waals surface area contributed by atoms with Crippen LogP contribution in [-0.4, -0.2) is 16.6 Å². The highest BCUT2D eigenvalue weighted by Gasteiger charge is 2.08. The predicted octanol–water partition coefficient (Wildman–Crippen LogP) is 2.68. The molecule has 0 unspecified atom stereocenters. The Morgan fingerprint density at radius 2 is 1.96 bits per heavy atom. The lowest BCUT2D eigenvalue weighted by atomic mass is 10.1. The summed E-state index contributed by atoms with van der Waals surface area (Å²) in [5.74, 6) is 0.532. The number of carbonyl (C=O) groups is 1. The highest BCUT2D eigenvalue weighted by molar-refractivity contribution is 7.99. The highest BCUT2D eigenvalue weighted by atomic mass is 32.2. The van der Waals surface area contributed by atoms with Crippen LogP contribution in [0, 0.1) is 19.7 Å². The van der Waals surface area contributed by atoms with Gasteiger partial charge in [-0.1, -0.05) is 12.1 Å². The topological polar surface area (TPSA) is 62.0 Å². The minimum Gasteiger partial charge on any atom is -0.351 e. The molecule has 0 spiro atoms. The van der Waals surface area contributed by atoms with E-state index >= 15 is 0 Å². The summed E-state index contributed by atoms with van der Waals surface area (Å²) < 4.78 is 12.8. The summed E-state index contributed by atoms with van der Waals surface area (Å²) in [7, 11) is 0. The number of benzene rings is 1. The molecule has 2 aromatic rings. The van der Waals surface area contributed by atoms with Crippen molar-refractivity contribution in [1.82, 2.24) is 10.3 Å². The number of carbonyl (C=O) groups excluding carboxylic acids is 1. The van der Waals surface area contributed by atoms with E-state index < -0.39 is 0 Å². The van der Waals surface area contributed by atoms with Crippen molar-refractivity contribution in [2.75, 3.05) is 5.75 Å². The third kappa shape index (κ3) is 5.25. The summed E-state index contributed by atoms with van der Waals surface area (Å²) in [5, 5.41) is 2.76. The van der Waals surface area contributed by atoms with Crippen LogP contribution in [0.15, 0.2) is 35.1 Å². The van der Waals surface area contributed by atoms with Gasteiger partial charge in [-0.05, 0) is 43.2 Å². The lowest BCUT2D eigenvalue weighted by molar-refractivity contribution is -0.118. The predicted molar refractivity (Wildman–Crippen MR) is 90.9 cm³/mol. The molecule has 2 rings (SSSR count). The fraction of sp³-hybridized carbons (Fsp3) is 0.294. The molecule has 1 heterocycles. The number of aromatic amines is 1. The van der Waals surface area contributed by atoms with Gasteiger partial charge in [0.1, 0.15) is 5.82 Å². The minimum atomic E-state index is -0.268. The molecular weight excluding hydrogens is 315 g/mol.